The summed E-state index contributed by atoms with van der Waals surface area (Å²) in [4.78, 5) is 0. The van der Waals surface area contributed by atoms with Gasteiger partial charge in [-0.1, -0.05) is 13.8 Å². The van der Waals surface area contributed by atoms with Gasteiger partial charge in [-0.15, -0.1) is 12.1 Å². The maximum absolute atomic E-state index is 5.54. The van der Waals surface area contributed by atoms with Crippen LogP contribution in [0.3, 0.4) is 0 Å². The summed E-state index contributed by atoms with van der Waals surface area (Å²) in [5.41, 5.74) is 0. The molecule has 0 saturated carbocycles. The normalized spacial score (nSPS) is 9.27. The summed E-state index contributed by atoms with van der Waals surface area (Å²) in [5, 5.41) is 0. The Kier molecular flexibility index (Phi) is 9.12. The third-order valence-corrected chi connectivity index (χ3v) is 1.58. The van der Waals surface area contributed by atoms with Crippen molar-refractivity contribution < 1.29 is 25.8 Å². The summed E-state index contributed by atoms with van der Waals surface area (Å²) in [6, 6.07) is 8.39. The molecule has 0 N–H and O–H groups in total. The molecule has 80 valence electrons. The number of hydrogen-bond donors (Lipinski definition) is 0. The Balaban J connectivity index is 0.000000921. The fourth-order valence-electron chi connectivity index (χ4n) is 0.936. The van der Waals surface area contributed by atoms with Crippen molar-refractivity contribution in [2.45, 2.75) is 13.8 Å². The summed E-state index contributed by atoms with van der Waals surface area (Å²) in [6.45, 7) is 4.93. The van der Waals surface area contributed by atoms with Gasteiger partial charge in [-0.05, 0) is 5.92 Å². The van der Waals surface area contributed by atoms with E-state index in [4.69, 9.17) is 9.47 Å². The molecule has 0 aliphatic carbocycles. The second kappa shape index (κ2) is 9.17. The fraction of sp³-hybridized carbons (Fsp3) is 0.455. The molecule has 0 fully saturated rings. The molecule has 0 saturated heterocycles. The number of ether oxygens (including phenoxy) is 2. The average molecular weight is 325 g/mol. The molecule has 0 unspecified atom stereocenters. The van der Waals surface area contributed by atoms with Crippen LogP contribution in [0.15, 0.2) is 18.2 Å². The molecule has 15 heavy (non-hydrogen) atoms. The minimum atomic E-state index is 0.522. The summed E-state index contributed by atoms with van der Waals surface area (Å²) >= 11 is 4.25. The van der Waals surface area contributed by atoms with E-state index in [9.17, 15) is 0 Å². The van der Waals surface area contributed by atoms with E-state index in [2.05, 4.69) is 33.5 Å². The minimum absolute atomic E-state index is 0.522. The molecule has 0 radical (unpaired) electrons. The van der Waals surface area contributed by atoms with Gasteiger partial charge in [0.15, 0.2) is 0 Å². The molecule has 4 heteroatoms. The number of rotatable bonds is 4. The van der Waals surface area contributed by atoms with Crippen molar-refractivity contribution in [2.24, 2.45) is 5.92 Å². The second-order valence-electron chi connectivity index (χ2n) is 3.28. The van der Waals surface area contributed by atoms with E-state index in [-0.39, 0.29) is 0 Å². The van der Waals surface area contributed by atoms with Crippen LogP contribution >= 0.6 is 13.6 Å². The molecule has 2 nitrogen and oxygen atoms in total. The molecule has 0 aliphatic rings. The molecule has 0 amide bonds. The predicted molar refractivity (Wildman–Crippen MR) is 61.1 cm³/mol. The van der Waals surface area contributed by atoms with Gasteiger partial charge in [-0.2, -0.15) is 12.1 Å². The van der Waals surface area contributed by atoms with Gasteiger partial charge in [0.2, 0.25) is 0 Å². The van der Waals surface area contributed by atoms with Gasteiger partial charge in [0.1, 0.15) is 0 Å². The summed E-state index contributed by atoms with van der Waals surface area (Å²) in [5.74, 6) is 2.05. The van der Waals surface area contributed by atoms with Crippen LogP contribution in [-0.4, -0.2) is 13.7 Å². The van der Waals surface area contributed by atoms with Gasteiger partial charge in [-0.25, -0.2) is 0 Å². The van der Waals surface area contributed by atoms with Crippen LogP contribution in [0.4, 0.5) is 0 Å². The Morgan fingerprint density at radius 2 is 2.07 bits per heavy atom. The van der Waals surface area contributed by atoms with Crippen LogP contribution in [0, 0.1) is 12.0 Å². The zero-order valence-corrected chi connectivity index (χ0v) is 14.0. The Morgan fingerprint density at radius 1 is 1.40 bits per heavy atom. The van der Waals surface area contributed by atoms with E-state index in [1.54, 1.807) is 13.2 Å². The molecule has 1 aromatic carbocycles. The Morgan fingerprint density at radius 3 is 2.60 bits per heavy atom. The zero-order valence-electron chi connectivity index (χ0n) is 9.42. The third-order valence-electron chi connectivity index (χ3n) is 1.58. The predicted octanol–water partition coefficient (Wildman–Crippen LogP) is 3.37. The topological polar surface area (TPSA) is 18.5 Å². The molecular weight excluding hydrogens is 309 g/mol. The van der Waals surface area contributed by atoms with Gasteiger partial charge >= 0.3 is 30.0 Å². The van der Waals surface area contributed by atoms with E-state index in [1.807, 2.05) is 12.1 Å². The van der Waals surface area contributed by atoms with E-state index in [0.29, 0.717) is 12.5 Å². The monoisotopic (exact) mass is 322 g/mol. The molecule has 1 aromatic rings. The first-order chi connectivity index (χ1) is 7.24. The first-order valence-corrected chi connectivity index (χ1v) is 11.6. The van der Waals surface area contributed by atoms with Crippen molar-refractivity contribution in [1.82, 2.24) is 0 Å². The molecule has 0 aromatic heterocycles. The summed E-state index contributed by atoms with van der Waals surface area (Å²) in [6.07, 6.45) is 0. The van der Waals surface area contributed by atoms with Gasteiger partial charge < -0.3 is 9.47 Å². The van der Waals surface area contributed by atoms with Crippen LogP contribution in [0.2, 0.25) is 0 Å². The Hall–Kier alpha value is -0.0766. The van der Waals surface area contributed by atoms with Crippen molar-refractivity contribution in [2.75, 3.05) is 13.7 Å². The quantitative estimate of drug-likeness (QED) is 0.624. The average Bonchev–Trinajstić information content (AvgIpc) is 2.29. The Labute approximate surface area is 108 Å². The molecular formula is C11H15BrO2Zn. The molecule has 0 bridgehead atoms. The molecule has 0 spiro atoms. The number of methoxy groups -OCH3 is 1. The maximum atomic E-state index is 5.54. The van der Waals surface area contributed by atoms with Crippen LogP contribution in [0.25, 0.3) is 0 Å². The third kappa shape index (κ3) is 6.16. The van der Waals surface area contributed by atoms with Crippen molar-refractivity contribution in [3.8, 4) is 11.5 Å². The zero-order chi connectivity index (χ0) is 11.7. The van der Waals surface area contributed by atoms with E-state index in [0.717, 1.165) is 11.5 Å². The number of benzene rings is 1. The van der Waals surface area contributed by atoms with Gasteiger partial charge in [-0.3, -0.25) is 0 Å². The van der Waals surface area contributed by atoms with Crippen molar-refractivity contribution >= 4 is 13.6 Å². The summed E-state index contributed by atoms with van der Waals surface area (Å²) < 4.78 is 10.7. The van der Waals surface area contributed by atoms with Crippen LogP contribution in [0.1, 0.15) is 13.8 Å². The van der Waals surface area contributed by atoms with Crippen LogP contribution in [-0.2, 0) is 16.3 Å². The fourth-order valence-corrected chi connectivity index (χ4v) is 0.936. The molecule has 0 atom stereocenters. The molecule has 0 aliphatic heterocycles. The van der Waals surface area contributed by atoms with Crippen LogP contribution < -0.4 is 9.47 Å². The van der Waals surface area contributed by atoms with Crippen molar-refractivity contribution in [1.29, 1.82) is 0 Å². The van der Waals surface area contributed by atoms with Gasteiger partial charge in [0.25, 0.3) is 0 Å². The molecule has 0 heterocycles. The van der Waals surface area contributed by atoms with E-state index < -0.39 is 0 Å². The first kappa shape index (κ1) is 14.9. The van der Waals surface area contributed by atoms with Gasteiger partial charge in [0, 0.05) is 5.75 Å². The number of hydrogen-bond acceptors (Lipinski definition) is 2. The first-order valence-electron chi connectivity index (χ1n) is 4.67. The van der Waals surface area contributed by atoms with E-state index >= 15 is 0 Å². The van der Waals surface area contributed by atoms with Gasteiger partial charge in [0.05, 0.1) is 19.5 Å². The summed E-state index contributed by atoms with van der Waals surface area (Å²) in [7, 11) is 1.63. The Bertz CT molecular complexity index is 267. The van der Waals surface area contributed by atoms with Crippen LogP contribution in [0.5, 0.6) is 11.5 Å². The SMILES string of the molecule is COc1c[c-]ccc1OCC(C)C.[Zn+][Br]. The van der Waals surface area contributed by atoms with Crippen molar-refractivity contribution in [3.63, 3.8) is 0 Å². The molecule has 1 rings (SSSR count). The number of halogens is 1. The van der Waals surface area contributed by atoms with E-state index in [1.165, 1.54) is 16.3 Å². The standard InChI is InChI=1S/C11H15O2.BrH.Zn/c1-9(2)8-13-11-7-5-4-6-10(11)12-3;;/h5-7,9H,8H2,1-3H3;1H;/q-1;;+2/p-1. The van der Waals surface area contributed by atoms with Crippen molar-refractivity contribution in [3.05, 3.63) is 24.3 Å². The second-order valence-corrected chi connectivity index (χ2v) is 3.28.